The van der Waals surface area contributed by atoms with Crippen LogP contribution in [-0.2, 0) is 8.85 Å². The maximum absolute atomic E-state index is 6.37. The van der Waals surface area contributed by atoms with E-state index in [0.29, 0.717) is 13.2 Å². The zero-order chi connectivity index (χ0) is 17.6. The Bertz CT molecular complexity index is 633. The highest BCUT2D eigenvalue weighted by Crippen LogP contribution is 2.20. The second-order valence-corrected chi connectivity index (χ2v) is 13.9. The van der Waals surface area contributed by atoms with Crippen LogP contribution in [0.3, 0.4) is 0 Å². The van der Waals surface area contributed by atoms with Gasteiger partial charge in [0.15, 0.2) is 0 Å². The maximum atomic E-state index is 6.37. The third-order valence-corrected chi connectivity index (χ3v) is 7.95. The normalized spacial score (nSPS) is 12.2. The molecule has 24 heavy (non-hydrogen) atoms. The van der Waals surface area contributed by atoms with Crippen LogP contribution in [0, 0.1) is 0 Å². The Kier molecular flexibility index (Phi) is 6.40. The molecule has 0 aliphatic carbocycles. The quantitative estimate of drug-likeness (QED) is 0.674. The van der Waals surface area contributed by atoms with Crippen molar-refractivity contribution in [1.82, 2.24) is 0 Å². The van der Waals surface area contributed by atoms with Crippen LogP contribution < -0.4 is 14.8 Å². The molecular weight excluding hydrogens is 332 g/mol. The molecule has 0 radical (unpaired) electrons. The second kappa shape index (κ2) is 8.11. The first-order valence-corrected chi connectivity index (χ1v) is 13.8. The van der Waals surface area contributed by atoms with Crippen LogP contribution in [0.25, 0.3) is 0 Å². The van der Waals surface area contributed by atoms with Crippen molar-refractivity contribution in [2.24, 2.45) is 0 Å². The summed E-state index contributed by atoms with van der Waals surface area (Å²) in [5.41, 5.74) is 0. The molecular formula is C19H28O3Si2. The van der Waals surface area contributed by atoms with E-state index in [2.05, 4.69) is 37.8 Å². The summed E-state index contributed by atoms with van der Waals surface area (Å²) in [4.78, 5) is 0. The van der Waals surface area contributed by atoms with Gasteiger partial charge in [0, 0.05) is 18.4 Å². The Morgan fingerprint density at radius 2 is 1.29 bits per heavy atom. The number of hydrogen-bond donors (Lipinski definition) is 0. The van der Waals surface area contributed by atoms with Crippen molar-refractivity contribution in [2.45, 2.75) is 33.5 Å². The smallest absolute Gasteiger partial charge is 0.410 e. The molecule has 0 saturated heterocycles. The summed E-state index contributed by atoms with van der Waals surface area (Å²) in [6.07, 6.45) is 0. The Hall–Kier alpha value is -1.41. The van der Waals surface area contributed by atoms with Gasteiger partial charge in [0.25, 0.3) is 0 Å². The van der Waals surface area contributed by atoms with Crippen molar-refractivity contribution < 1.29 is 13.3 Å². The molecule has 3 nitrogen and oxygen atoms in total. The molecule has 130 valence electrons. The first-order valence-electron chi connectivity index (χ1n) is 8.55. The predicted octanol–water partition coefficient (Wildman–Crippen LogP) is 3.53. The summed E-state index contributed by atoms with van der Waals surface area (Å²) >= 11 is 0. The Labute approximate surface area is 148 Å². The largest absolute Gasteiger partial charge is 0.544 e. The summed E-state index contributed by atoms with van der Waals surface area (Å²) in [7, 11) is -4.54. The van der Waals surface area contributed by atoms with Gasteiger partial charge in [-0.05, 0) is 44.7 Å². The van der Waals surface area contributed by atoms with Gasteiger partial charge >= 0.3 is 8.56 Å². The molecule has 0 fully saturated rings. The number of hydrogen-bond acceptors (Lipinski definition) is 3. The average molecular weight is 361 g/mol. The molecule has 2 aromatic rings. The molecule has 0 aliphatic rings. The summed E-state index contributed by atoms with van der Waals surface area (Å²) in [6, 6.07) is 18.5. The highest BCUT2D eigenvalue weighted by Gasteiger charge is 2.44. The van der Waals surface area contributed by atoms with E-state index in [1.54, 1.807) is 0 Å². The van der Waals surface area contributed by atoms with Crippen molar-refractivity contribution in [3.05, 3.63) is 54.6 Å². The molecule has 2 aromatic carbocycles. The lowest BCUT2D eigenvalue weighted by molar-refractivity contribution is 0.208. The fourth-order valence-electron chi connectivity index (χ4n) is 2.74. The minimum atomic E-state index is -2.79. The van der Waals surface area contributed by atoms with Crippen molar-refractivity contribution in [3.63, 3.8) is 0 Å². The molecule has 0 N–H and O–H groups in total. The number of para-hydroxylation sites is 1. The SMILES string of the molecule is CCO[Si](OCC)(c1ccccc1)c1ccccc1O[Si](C)(C)C. The standard InChI is InChI=1S/C19H28O3Si2/c1-6-20-24(21-7-2,17-13-9-8-10-14-17)19-16-12-11-15-18(19)22-23(3,4)5/h8-16H,6-7H2,1-5H3. The van der Waals surface area contributed by atoms with E-state index in [9.17, 15) is 0 Å². The van der Waals surface area contributed by atoms with Gasteiger partial charge in [0.1, 0.15) is 5.75 Å². The molecule has 0 atom stereocenters. The van der Waals surface area contributed by atoms with Crippen LogP contribution in [0.4, 0.5) is 0 Å². The van der Waals surface area contributed by atoms with Gasteiger partial charge in [-0.1, -0.05) is 48.5 Å². The summed E-state index contributed by atoms with van der Waals surface area (Å²) in [5, 5.41) is 2.17. The Morgan fingerprint density at radius 3 is 1.83 bits per heavy atom. The van der Waals surface area contributed by atoms with Crippen LogP contribution >= 0.6 is 0 Å². The lowest BCUT2D eigenvalue weighted by Gasteiger charge is -2.33. The minimum Gasteiger partial charge on any atom is -0.544 e. The van der Waals surface area contributed by atoms with Crippen molar-refractivity contribution in [1.29, 1.82) is 0 Å². The van der Waals surface area contributed by atoms with E-state index in [4.69, 9.17) is 13.3 Å². The summed E-state index contributed by atoms with van der Waals surface area (Å²) in [6.45, 7) is 11.8. The van der Waals surface area contributed by atoms with Crippen LogP contribution in [0.1, 0.15) is 13.8 Å². The van der Waals surface area contributed by atoms with Gasteiger partial charge in [0.2, 0.25) is 8.32 Å². The van der Waals surface area contributed by atoms with E-state index >= 15 is 0 Å². The third-order valence-electron chi connectivity index (χ3n) is 3.51. The van der Waals surface area contributed by atoms with Crippen LogP contribution in [-0.4, -0.2) is 30.1 Å². The van der Waals surface area contributed by atoms with Crippen molar-refractivity contribution in [3.8, 4) is 5.75 Å². The highest BCUT2D eigenvalue weighted by molar-refractivity contribution is 6.93. The molecule has 0 bridgehead atoms. The Balaban J connectivity index is 2.64. The van der Waals surface area contributed by atoms with Gasteiger partial charge in [-0.2, -0.15) is 0 Å². The minimum absolute atomic E-state index is 0.600. The molecule has 0 saturated carbocycles. The third kappa shape index (κ3) is 4.36. The maximum Gasteiger partial charge on any atom is 0.410 e. The zero-order valence-electron chi connectivity index (χ0n) is 15.3. The topological polar surface area (TPSA) is 27.7 Å². The first kappa shape index (κ1) is 18.9. The van der Waals surface area contributed by atoms with E-state index in [1.807, 2.05) is 50.2 Å². The lowest BCUT2D eigenvalue weighted by atomic mass is 10.3. The second-order valence-electron chi connectivity index (χ2n) is 6.56. The zero-order valence-corrected chi connectivity index (χ0v) is 17.3. The van der Waals surface area contributed by atoms with Gasteiger partial charge in [0.05, 0.1) is 0 Å². The average Bonchev–Trinajstić information content (AvgIpc) is 2.54. The van der Waals surface area contributed by atoms with Gasteiger partial charge in [-0.25, -0.2) is 0 Å². The Morgan fingerprint density at radius 1 is 0.750 bits per heavy atom. The van der Waals surface area contributed by atoms with E-state index in [1.165, 1.54) is 0 Å². The van der Waals surface area contributed by atoms with Crippen molar-refractivity contribution in [2.75, 3.05) is 13.2 Å². The fraction of sp³-hybridized carbons (Fsp3) is 0.368. The van der Waals surface area contributed by atoms with Gasteiger partial charge < -0.3 is 13.3 Å². The molecule has 2 rings (SSSR count). The van der Waals surface area contributed by atoms with Crippen LogP contribution in [0.2, 0.25) is 19.6 Å². The lowest BCUT2D eigenvalue weighted by Crippen LogP contribution is -2.64. The van der Waals surface area contributed by atoms with E-state index in [-0.39, 0.29) is 0 Å². The van der Waals surface area contributed by atoms with E-state index < -0.39 is 16.9 Å². The molecule has 0 unspecified atom stereocenters. The first-order chi connectivity index (χ1) is 11.4. The van der Waals surface area contributed by atoms with E-state index in [0.717, 1.165) is 16.1 Å². The highest BCUT2D eigenvalue weighted by atomic mass is 28.4. The number of benzene rings is 2. The molecule has 0 aliphatic heterocycles. The summed E-state index contributed by atoms with van der Waals surface area (Å²) in [5.74, 6) is 0.897. The number of rotatable bonds is 8. The monoisotopic (exact) mass is 360 g/mol. The predicted molar refractivity (Wildman–Crippen MR) is 105 cm³/mol. The van der Waals surface area contributed by atoms with Gasteiger partial charge in [-0.3, -0.25) is 0 Å². The molecule has 0 heterocycles. The molecule has 0 spiro atoms. The molecule has 5 heteroatoms. The summed E-state index contributed by atoms with van der Waals surface area (Å²) < 4.78 is 19.1. The fourth-order valence-corrected chi connectivity index (χ4v) is 6.94. The van der Waals surface area contributed by atoms with Crippen molar-refractivity contribution >= 4 is 27.3 Å². The molecule has 0 amide bonds. The van der Waals surface area contributed by atoms with Crippen LogP contribution in [0.5, 0.6) is 5.75 Å². The van der Waals surface area contributed by atoms with Gasteiger partial charge in [-0.15, -0.1) is 0 Å². The molecule has 0 aromatic heterocycles. The van der Waals surface area contributed by atoms with Crippen LogP contribution in [0.15, 0.2) is 54.6 Å².